The summed E-state index contributed by atoms with van der Waals surface area (Å²) in [5.74, 6) is 0.896. The number of anilines is 1. The van der Waals surface area contributed by atoms with Crippen molar-refractivity contribution in [1.29, 1.82) is 0 Å². The lowest BCUT2D eigenvalue weighted by atomic mass is 10.1. The maximum absolute atomic E-state index is 6.20. The van der Waals surface area contributed by atoms with E-state index in [1.54, 1.807) is 0 Å². The van der Waals surface area contributed by atoms with E-state index in [9.17, 15) is 0 Å². The molecule has 1 aliphatic rings. The predicted octanol–water partition coefficient (Wildman–Crippen LogP) is 3.64. The van der Waals surface area contributed by atoms with E-state index < -0.39 is 0 Å². The average Bonchev–Trinajstić information content (AvgIpc) is 2.77. The molecule has 0 aromatic heterocycles. The quantitative estimate of drug-likeness (QED) is 0.890. The summed E-state index contributed by atoms with van der Waals surface area (Å²) >= 11 is 0. The standard InChI is InChI=1S/C17H20N2O/c1-2-20-13-7-5-6-12(10-13)19-17-11-16(18)14-8-3-4-9-15(14)17/h3-10,16-17,19H,2,11,18H2,1H3. The van der Waals surface area contributed by atoms with Crippen LogP contribution >= 0.6 is 0 Å². The molecule has 0 aliphatic heterocycles. The Bertz CT molecular complexity index is 597. The summed E-state index contributed by atoms with van der Waals surface area (Å²) in [7, 11) is 0. The predicted molar refractivity (Wildman–Crippen MR) is 82.0 cm³/mol. The summed E-state index contributed by atoms with van der Waals surface area (Å²) in [6.45, 7) is 2.67. The highest BCUT2D eigenvalue weighted by Gasteiger charge is 2.27. The fourth-order valence-electron chi connectivity index (χ4n) is 2.85. The molecule has 20 heavy (non-hydrogen) atoms. The highest BCUT2D eigenvalue weighted by Crippen LogP contribution is 2.39. The third-order valence-corrected chi connectivity index (χ3v) is 3.75. The van der Waals surface area contributed by atoms with Gasteiger partial charge in [0, 0.05) is 17.8 Å². The molecular weight excluding hydrogens is 248 g/mol. The molecule has 3 heteroatoms. The van der Waals surface area contributed by atoms with Gasteiger partial charge in [0.15, 0.2) is 0 Å². The van der Waals surface area contributed by atoms with Crippen molar-refractivity contribution in [2.24, 2.45) is 5.73 Å². The first-order chi connectivity index (χ1) is 9.78. The second kappa shape index (κ2) is 5.55. The normalized spacial score (nSPS) is 20.5. The molecule has 2 unspecified atom stereocenters. The summed E-state index contributed by atoms with van der Waals surface area (Å²) < 4.78 is 5.54. The highest BCUT2D eigenvalue weighted by atomic mass is 16.5. The zero-order valence-corrected chi connectivity index (χ0v) is 11.7. The van der Waals surface area contributed by atoms with Crippen molar-refractivity contribution in [3.63, 3.8) is 0 Å². The molecule has 2 atom stereocenters. The zero-order chi connectivity index (χ0) is 13.9. The van der Waals surface area contributed by atoms with Gasteiger partial charge in [-0.3, -0.25) is 0 Å². The number of nitrogens with two attached hydrogens (primary N) is 1. The maximum Gasteiger partial charge on any atom is 0.121 e. The van der Waals surface area contributed by atoms with Crippen LogP contribution in [0.5, 0.6) is 5.75 Å². The minimum absolute atomic E-state index is 0.124. The Labute approximate surface area is 119 Å². The van der Waals surface area contributed by atoms with Gasteiger partial charge in [-0.2, -0.15) is 0 Å². The first-order valence-corrected chi connectivity index (χ1v) is 7.11. The Kier molecular flexibility index (Phi) is 3.61. The van der Waals surface area contributed by atoms with Crippen LogP contribution in [0.25, 0.3) is 0 Å². The van der Waals surface area contributed by atoms with Crippen molar-refractivity contribution in [2.75, 3.05) is 11.9 Å². The summed E-state index contributed by atoms with van der Waals surface area (Å²) in [6, 6.07) is 16.9. The zero-order valence-electron chi connectivity index (χ0n) is 11.7. The molecule has 0 bridgehead atoms. The van der Waals surface area contributed by atoms with Crippen LogP contribution in [0.15, 0.2) is 48.5 Å². The first kappa shape index (κ1) is 13.0. The van der Waals surface area contributed by atoms with E-state index in [2.05, 4.69) is 35.6 Å². The molecule has 3 rings (SSSR count). The van der Waals surface area contributed by atoms with Gasteiger partial charge < -0.3 is 15.8 Å². The van der Waals surface area contributed by atoms with Crippen LogP contribution in [0, 0.1) is 0 Å². The summed E-state index contributed by atoms with van der Waals surface area (Å²) in [5.41, 5.74) is 9.84. The van der Waals surface area contributed by atoms with Crippen molar-refractivity contribution in [1.82, 2.24) is 0 Å². The SMILES string of the molecule is CCOc1cccc(NC2CC(N)c3ccccc32)c1. The van der Waals surface area contributed by atoms with Gasteiger partial charge in [-0.15, -0.1) is 0 Å². The molecule has 0 amide bonds. The van der Waals surface area contributed by atoms with Gasteiger partial charge in [0.1, 0.15) is 5.75 Å². The third kappa shape index (κ3) is 2.49. The van der Waals surface area contributed by atoms with Crippen molar-refractivity contribution in [2.45, 2.75) is 25.4 Å². The number of rotatable bonds is 4. The number of hydrogen-bond acceptors (Lipinski definition) is 3. The minimum atomic E-state index is 0.124. The van der Waals surface area contributed by atoms with Crippen LogP contribution < -0.4 is 15.8 Å². The molecule has 104 valence electrons. The number of fused-ring (bicyclic) bond motifs is 1. The summed E-state index contributed by atoms with van der Waals surface area (Å²) in [4.78, 5) is 0. The van der Waals surface area contributed by atoms with Gasteiger partial charge in [-0.25, -0.2) is 0 Å². The monoisotopic (exact) mass is 268 g/mol. The molecule has 3 nitrogen and oxygen atoms in total. The molecule has 2 aromatic carbocycles. The maximum atomic E-state index is 6.20. The highest BCUT2D eigenvalue weighted by molar-refractivity contribution is 5.52. The second-order valence-electron chi connectivity index (χ2n) is 5.13. The van der Waals surface area contributed by atoms with E-state index in [0.29, 0.717) is 6.61 Å². The third-order valence-electron chi connectivity index (χ3n) is 3.75. The lowest BCUT2D eigenvalue weighted by Crippen LogP contribution is -2.10. The molecule has 0 radical (unpaired) electrons. The number of hydrogen-bond donors (Lipinski definition) is 2. The molecule has 0 saturated heterocycles. The first-order valence-electron chi connectivity index (χ1n) is 7.11. The largest absolute Gasteiger partial charge is 0.494 e. The fraction of sp³-hybridized carbons (Fsp3) is 0.294. The second-order valence-corrected chi connectivity index (χ2v) is 5.13. The molecule has 1 aliphatic carbocycles. The molecular formula is C17H20N2O. The molecule has 0 heterocycles. The average molecular weight is 268 g/mol. The van der Waals surface area contributed by atoms with Crippen molar-refractivity contribution >= 4 is 5.69 Å². The van der Waals surface area contributed by atoms with Crippen LogP contribution in [-0.2, 0) is 0 Å². The van der Waals surface area contributed by atoms with Crippen LogP contribution in [0.4, 0.5) is 5.69 Å². The van der Waals surface area contributed by atoms with Crippen molar-refractivity contribution in [3.05, 3.63) is 59.7 Å². The van der Waals surface area contributed by atoms with Crippen molar-refractivity contribution in [3.8, 4) is 5.75 Å². The van der Waals surface area contributed by atoms with E-state index >= 15 is 0 Å². The van der Waals surface area contributed by atoms with E-state index in [1.165, 1.54) is 11.1 Å². The Hall–Kier alpha value is -2.00. The van der Waals surface area contributed by atoms with Gasteiger partial charge >= 0.3 is 0 Å². The van der Waals surface area contributed by atoms with Crippen LogP contribution in [0.3, 0.4) is 0 Å². The van der Waals surface area contributed by atoms with Crippen LogP contribution in [0.2, 0.25) is 0 Å². The van der Waals surface area contributed by atoms with Crippen LogP contribution in [-0.4, -0.2) is 6.61 Å². The Morgan fingerprint density at radius 3 is 2.75 bits per heavy atom. The molecule has 3 N–H and O–H groups in total. The van der Waals surface area contributed by atoms with Gasteiger partial charge in [0.05, 0.1) is 12.6 Å². The Morgan fingerprint density at radius 1 is 1.15 bits per heavy atom. The van der Waals surface area contributed by atoms with Gasteiger partial charge in [-0.1, -0.05) is 30.3 Å². The van der Waals surface area contributed by atoms with Gasteiger partial charge in [-0.05, 0) is 36.6 Å². The lowest BCUT2D eigenvalue weighted by molar-refractivity contribution is 0.340. The molecule has 2 aromatic rings. The number of nitrogens with one attached hydrogen (secondary N) is 1. The molecule has 0 saturated carbocycles. The minimum Gasteiger partial charge on any atom is -0.494 e. The summed E-state index contributed by atoms with van der Waals surface area (Å²) in [5, 5.41) is 3.57. The number of ether oxygens (including phenoxy) is 1. The van der Waals surface area contributed by atoms with E-state index in [1.807, 2.05) is 25.1 Å². The van der Waals surface area contributed by atoms with E-state index in [0.717, 1.165) is 17.9 Å². The summed E-state index contributed by atoms with van der Waals surface area (Å²) in [6.07, 6.45) is 0.929. The Balaban J connectivity index is 1.81. The fourth-order valence-corrected chi connectivity index (χ4v) is 2.85. The molecule has 0 fully saturated rings. The smallest absolute Gasteiger partial charge is 0.121 e. The topological polar surface area (TPSA) is 47.3 Å². The van der Waals surface area contributed by atoms with E-state index in [-0.39, 0.29) is 12.1 Å². The van der Waals surface area contributed by atoms with Crippen LogP contribution in [0.1, 0.15) is 36.6 Å². The van der Waals surface area contributed by atoms with E-state index in [4.69, 9.17) is 10.5 Å². The van der Waals surface area contributed by atoms with Gasteiger partial charge in [0.2, 0.25) is 0 Å². The molecule has 0 spiro atoms. The number of benzene rings is 2. The van der Waals surface area contributed by atoms with Crippen molar-refractivity contribution < 1.29 is 4.74 Å². The lowest BCUT2D eigenvalue weighted by Gasteiger charge is -2.16. The Morgan fingerprint density at radius 2 is 1.95 bits per heavy atom. The van der Waals surface area contributed by atoms with Gasteiger partial charge in [0.25, 0.3) is 0 Å².